The lowest BCUT2D eigenvalue weighted by Crippen LogP contribution is -2.04. The Labute approximate surface area is 115 Å². The van der Waals surface area contributed by atoms with E-state index in [9.17, 15) is 0 Å². The van der Waals surface area contributed by atoms with Gasteiger partial charge in [-0.15, -0.1) is 11.3 Å². The lowest BCUT2D eigenvalue weighted by Gasteiger charge is -2.14. The van der Waals surface area contributed by atoms with Crippen LogP contribution in [0.15, 0.2) is 40.2 Å². The van der Waals surface area contributed by atoms with Gasteiger partial charge in [-0.05, 0) is 59.1 Å². The van der Waals surface area contributed by atoms with E-state index in [-0.39, 0.29) is 0 Å². The molecule has 1 heterocycles. The third-order valence-corrected chi connectivity index (χ3v) is 4.55. The number of nitrogens with one attached hydrogen (secondary N) is 1. The Kier molecular flexibility index (Phi) is 4.24. The summed E-state index contributed by atoms with van der Waals surface area (Å²) in [6.07, 6.45) is 1.08. The molecule has 2 aromatic rings. The summed E-state index contributed by atoms with van der Waals surface area (Å²) in [4.78, 5) is 1.35. The number of halogens is 1. The van der Waals surface area contributed by atoms with Crippen molar-refractivity contribution in [3.05, 3.63) is 50.6 Å². The maximum atomic E-state index is 3.54. The maximum absolute atomic E-state index is 3.54. The summed E-state index contributed by atoms with van der Waals surface area (Å²) in [7, 11) is 0. The number of thiophene rings is 1. The molecule has 1 aromatic carbocycles. The first-order valence-electron chi connectivity index (χ1n) is 5.79. The van der Waals surface area contributed by atoms with Gasteiger partial charge in [0, 0.05) is 10.6 Å². The van der Waals surface area contributed by atoms with Crippen molar-refractivity contribution in [1.82, 2.24) is 0 Å². The van der Waals surface area contributed by atoms with Crippen LogP contribution in [0.2, 0.25) is 0 Å². The van der Waals surface area contributed by atoms with Crippen molar-refractivity contribution in [2.75, 3.05) is 5.32 Å². The highest BCUT2D eigenvalue weighted by molar-refractivity contribution is 9.11. The number of aryl methyl sites for hydroxylation is 1. The van der Waals surface area contributed by atoms with Gasteiger partial charge in [0.25, 0.3) is 0 Å². The number of hydrogen-bond acceptors (Lipinski definition) is 2. The van der Waals surface area contributed by atoms with E-state index >= 15 is 0 Å². The Balaban J connectivity index is 2.09. The summed E-state index contributed by atoms with van der Waals surface area (Å²) >= 11 is 5.28. The summed E-state index contributed by atoms with van der Waals surface area (Å²) in [5.74, 6) is 0. The van der Waals surface area contributed by atoms with Crippen molar-refractivity contribution in [3.8, 4) is 0 Å². The van der Waals surface area contributed by atoms with Crippen LogP contribution in [-0.4, -0.2) is 0 Å². The third kappa shape index (κ3) is 3.33. The molecule has 0 fully saturated rings. The number of hydrogen-bond donors (Lipinski definition) is 1. The molecule has 0 bridgehead atoms. The first kappa shape index (κ1) is 12.7. The van der Waals surface area contributed by atoms with E-state index < -0.39 is 0 Å². The van der Waals surface area contributed by atoms with E-state index in [0.29, 0.717) is 6.04 Å². The van der Waals surface area contributed by atoms with Gasteiger partial charge in [-0.25, -0.2) is 0 Å². The van der Waals surface area contributed by atoms with Gasteiger partial charge in [0.05, 0.1) is 9.83 Å². The molecule has 0 amide bonds. The molecule has 1 aromatic heterocycles. The predicted octanol–water partition coefficient (Wildman–Crippen LogP) is 5.25. The minimum Gasteiger partial charge on any atom is -0.378 e. The Bertz CT molecular complexity index is 492. The highest BCUT2D eigenvalue weighted by Crippen LogP contribution is 2.29. The van der Waals surface area contributed by atoms with Gasteiger partial charge in [-0.3, -0.25) is 0 Å². The van der Waals surface area contributed by atoms with Crippen molar-refractivity contribution in [1.29, 1.82) is 0 Å². The first-order chi connectivity index (χ1) is 8.19. The van der Waals surface area contributed by atoms with E-state index in [1.807, 2.05) is 0 Å². The van der Waals surface area contributed by atoms with Crippen molar-refractivity contribution in [2.24, 2.45) is 0 Å². The fraction of sp³-hybridized carbons (Fsp3) is 0.286. The van der Waals surface area contributed by atoms with Crippen LogP contribution in [0.5, 0.6) is 0 Å². The molecule has 0 radical (unpaired) electrons. The molecule has 0 spiro atoms. The topological polar surface area (TPSA) is 12.0 Å². The highest BCUT2D eigenvalue weighted by atomic mass is 79.9. The number of anilines is 1. The van der Waals surface area contributed by atoms with Crippen LogP contribution in [0.1, 0.15) is 30.3 Å². The summed E-state index contributed by atoms with van der Waals surface area (Å²) in [5, 5.41) is 3.54. The van der Waals surface area contributed by atoms with Gasteiger partial charge in [-0.1, -0.05) is 19.1 Å². The molecule has 1 unspecified atom stereocenters. The number of rotatable bonds is 4. The molecule has 1 nitrogen and oxygen atoms in total. The van der Waals surface area contributed by atoms with Crippen molar-refractivity contribution in [2.45, 2.75) is 26.3 Å². The van der Waals surface area contributed by atoms with Gasteiger partial charge >= 0.3 is 0 Å². The van der Waals surface area contributed by atoms with Crippen molar-refractivity contribution >= 4 is 33.0 Å². The molecular weight excluding hydrogens is 294 g/mol. The molecule has 0 aliphatic carbocycles. The van der Waals surface area contributed by atoms with Gasteiger partial charge in [0.2, 0.25) is 0 Å². The zero-order valence-corrected chi connectivity index (χ0v) is 12.4. The van der Waals surface area contributed by atoms with E-state index in [1.165, 1.54) is 19.9 Å². The zero-order chi connectivity index (χ0) is 12.3. The average molecular weight is 310 g/mol. The van der Waals surface area contributed by atoms with Gasteiger partial charge < -0.3 is 5.32 Å². The summed E-state index contributed by atoms with van der Waals surface area (Å²) in [6.45, 7) is 4.37. The largest absolute Gasteiger partial charge is 0.378 e. The van der Waals surface area contributed by atoms with Gasteiger partial charge in [0.15, 0.2) is 0 Å². The van der Waals surface area contributed by atoms with E-state index in [0.717, 1.165) is 6.42 Å². The first-order valence-corrected chi connectivity index (χ1v) is 7.40. The Morgan fingerprint density at radius 1 is 1.29 bits per heavy atom. The Hall–Kier alpha value is -0.800. The molecule has 0 aliphatic heterocycles. The molecule has 0 saturated carbocycles. The van der Waals surface area contributed by atoms with E-state index in [2.05, 4.69) is 71.5 Å². The second-order valence-corrected chi connectivity index (χ2v) is 6.56. The molecular formula is C14H16BrNS. The van der Waals surface area contributed by atoms with Crippen LogP contribution in [0.4, 0.5) is 5.69 Å². The van der Waals surface area contributed by atoms with Crippen molar-refractivity contribution in [3.63, 3.8) is 0 Å². The molecule has 0 aliphatic rings. The van der Waals surface area contributed by atoms with E-state index in [4.69, 9.17) is 0 Å². The molecule has 3 heteroatoms. The third-order valence-electron chi connectivity index (χ3n) is 2.74. The standard InChI is InChI=1S/C14H16BrNS/c1-3-11-5-4-6-12(9-11)16-10(2)13-7-8-14(15)17-13/h4-10,16H,3H2,1-2H3. The van der Waals surface area contributed by atoms with E-state index in [1.54, 1.807) is 11.3 Å². The predicted molar refractivity (Wildman–Crippen MR) is 79.9 cm³/mol. The number of benzene rings is 1. The summed E-state index contributed by atoms with van der Waals surface area (Å²) in [5.41, 5.74) is 2.57. The van der Waals surface area contributed by atoms with Crippen LogP contribution in [0, 0.1) is 0 Å². The summed E-state index contributed by atoms with van der Waals surface area (Å²) in [6, 6.07) is 13.2. The van der Waals surface area contributed by atoms with Crippen LogP contribution >= 0.6 is 27.3 Å². The molecule has 1 atom stereocenters. The lowest BCUT2D eigenvalue weighted by atomic mass is 10.1. The van der Waals surface area contributed by atoms with Gasteiger partial charge in [-0.2, -0.15) is 0 Å². The molecule has 0 saturated heterocycles. The molecule has 2 rings (SSSR count). The second-order valence-electron chi connectivity index (χ2n) is 4.06. The lowest BCUT2D eigenvalue weighted by molar-refractivity contribution is 0.907. The van der Waals surface area contributed by atoms with Crippen LogP contribution in [0.25, 0.3) is 0 Å². The molecule has 17 heavy (non-hydrogen) atoms. The fourth-order valence-electron chi connectivity index (χ4n) is 1.76. The van der Waals surface area contributed by atoms with Crippen LogP contribution in [-0.2, 0) is 6.42 Å². The smallest absolute Gasteiger partial charge is 0.0702 e. The average Bonchev–Trinajstić information content (AvgIpc) is 2.76. The van der Waals surface area contributed by atoms with Crippen molar-refractivity contribution < 1.29 is 0 Å². The minimum atomic E-state index is 0.346. The Morgan fingerprint density at radius 2 is 2.12 bits per heavy atom. The summed E-state index contributed by atoms with van der Waals surface area (Å²) < 4.78 is 1.18. The zero-order valence-electron chi connectivity index (χ0n) is 10.0. The quantitative estimate of drug-likeness (QED) is 0.813. The monoisotopic (exact) mass is 309 g/mol. The molecule has 90 valence electrons. The normalized spacial score (nSPS) is 12.4. The molecule has 1 N–H and O–H groups in total. The maximum Gasteiger partial charge on any atom is 0.0702 e. The van der Waals surface area contributed by atoms with Crippen LogP contribution in [0.3, 0.4) is 0 Å². The minimum absolute atomic E-state index is 0.346. The fourth-order valence-corrected chi connectivity index (χ4v) is 3.19. The van der Waals surface area contributed by atoms with Gasteiger partial charge in [0.1, 0.15) is 0 Å². The second kappa shape index (κ2) is 5.69. The van der Waals surface area contributed by atoms with Crippen LogP contribution < -0.4 is 5.32 Å². The Morgan fingerprint density at radius 3 is 2.76 bits per heavy atom. The highest BCUT2D eigenvalue weighted by Gasteiger charge is 2.07. The SMILES string of the molecule is CCc1cccc(NC(C)c2ccc(Br)s2)c1.